The van der Waals surface area contributed by atoms with Gasteiger partial charge in [0, 0.05) is 13.1 Å². The van der Waals surface area contributed by atoms with E-state index in [0.717, 1.165) is 23.3 Å². The van der Waals surface area contributed by atoms with Crippen LogP contribution in [0.15, 0.2) is 74.7 Å². The van der Waals surface area contributed by atoms with Gasteiger partial charge in [0.15, 0.2) is 11.3 Å². The van der Waals surface area contributed by atoms with Gasteiger partial charge in [-0.2, -0.15) is 0 Å². The van der Waals surface area contributed by atoms with Gasteiger partial charge in [0.05, 0.1) is 5.75 Å². The SMILES string of the molecule is O=C(c1ccc(CSc2nc3ccccc3o2)o1)N1CCc2ccccc2C1. The molecule has 5 rings (SSSR count). The van der Waals surface area contributed by atoms with Crippen molar-refractivity contribution in [3.05, 3.63) is 83.3 Å². The maximum Gasteiger partial charge on any atom is 0.289 e. The van der Waals surface area contributed by atoms with E-state index in [9.17, 15) is 4.79 Å². The summed E-state index contributed by atoms with van der Waals surface area (Å²) in [7, 11) is 0. The third kappa shape index (κ3) is 3.31. The molecule has 140 valence electrons. The number of thioether (sulfide) groups is 1. The van der Waals surface area contributed by atoms with Crippen molar-refractivity contribution in [2.24, 2.45) is 0 Å². The molecule has 0 saturated heterocycles. The minimum absolute atomic E-state index is 0.0624. The smallest absolute Gasteiger partial charge is 0.289 e. The minimum atomic E-state index is -0.0624. The molecule has 0 atom stereocenters. The van der Waals surface area contributed by atoms with E-state index in [2.05, 4.69) is 17.1 Å². The molecule has 0 aliphatic carbocycles. The number of aromatic nitrogens is 1. The zero-order chi connectivity index (χ0) is 18.9. The predicted octanol–water partition coefficient (Wildman–Crippen LogP) is 4.91. The highest BCUT2D eigenvalue weighted by Crippen LogP contribution is 2.27. The van der Waals surface area contributed by atoms with Crippen LogP contribution in [0.25, 0.3) is 11.1 Å². The minimum Gasteiger partial charge on any atom is -0.455 e. The molecule has 1 aliphatic rings. The monoisotopic (exact) mass is 390 g/mol. The van der Waals surface area contributed by atoms with Gasteiger partial charge in [-0.3, -0.25) is 4.79 Å². The number of oxazole rings is 1. The van der Waals surface area contributed by atoms with Gasteiger partial charge >= 0.3 is 0 Å². The van der Waals surface area contributed by atoms with Crippen molar-refractivity contribution in [2.75, 3.05) is 6.54 Å². The highest BCUT2D eigenvalue weighted by Gasteiger charge is 2.23. The normalized spacial score (nSPS) is 13.6. The number of carbonyl (C=O) groups is 1. The van der Waals surface area contributed by atoms with E-state index in [0.29, 0.717) is 29.8 Å². The van der Waals surface area contributed by atoms with Crippen molar-refractivity contribution >= 4 is 28.8 Å². The fourth-order valence-electron chi connectivity index (χ4n) is 3.44. The van der Waals surface area contributed by atoms with Crippen molar-refractivity contribution < 1.29 is 13.6 Å². The molecule has 5 nitrogen and oxygen atoms in total. The van der Waals surface area contributed by atoms with Crippen molar-refractivity contribution in [1.82, 2.24) is 9.88 Å². The maximum atomic E-state index is 12.8. The van der Waals surface area contributed by atoms with E-state index in [4.69, 9.17) is 8.83 Å². The predicted molar refractivity (Wildman–Crippen MR) is 107 cm³/mol. The van der Waals surface area contributed by atoms with E-state index in [1.54, 1.807) is 6.07 Å². The number of hydrogen-bond donors (Lipinski definition) is 0. The summed E-state index contributed by atoms with van der Waals surface area (Å²) in [6, 6.07) is 19.5. The van der Waals surface area contributed by atoms with Gasteiger partial charge in [0.25, 0.3) is 11.1 Å². The fourth-order valence-corrected chi connectivity index (χ4v) is 4.17. The molecule has 6 heteroatoms. The number of fused-ring (bicyclic) bond motifs is 2. The lowest BCUT2D eigenvalue weighted by Crippen LogP contribution is -2.35. The van der Waals surface area contributed by atoms with Crippen molar-refractivity contribution in [2.45, 2.75) is 23.9 Å². The third-order valence-corrected chi connectivity index (χ3v) is 5.75. The summed E-state index contributed by atoms with van der Waals surface area (Å²) in [4.78, 5) is 19.1. The second-order valence-electron chi connectivity index (χ2n) is 6.75. The molecule has 0 saturated carbocycles. The lowest BCUT2D eigenvalue weighted by Gasteiger charge is -2.28. The number of para-hydroxylation sites is 2. The lowest BCUT2D eigenvalue weighted by atomic mass is 10.00. The van der Waals surface area contributed by atoms with Crippen LogP contribution in [-0.2, 0) is 18.7 Å². The third-order valence-electron chi connectivity index (χ3n) is 4.90. The van der Waals surface area contributed by atoms with Gasteiger partial charge < -0.3 is 13.7 Å². The molecule has 0 radical (unpaired) electrons. The van der Waals surface area contributed by atoms with Gasteiger partial charge in [0.2, 0.25) is 0 Å². The van der Waals surface area contributed by atoms with E-state index in [1.807, 2.05) is 47.4 Å². The molecular formula is C22H18N2O3S. The van der Waals surface area contributed by atoms with Gasteiger partial charge in [-0.25, -0.2) is 4.98 Å². The second-order valence-corrected chi connectivity index (χ2v) is 7.67. The standard InChI is InChI=1S/C22H18N2O3S/c25-21(24-12-11-15-5-1-2-6-16(15)13-24)20-10-9-17(26-20)14-28-22-23-18-7-3-4-8-19(18)27-22/h1-10H,11-14H2. The molecule has 4 aromatic rings. The number of benzene rings is 2. The lowest BCUT2D eigenvalue weighted by molar-refractivity contribution is 0.0701. The fraction of sp³-hybridized carbons (Fsp3) is 0.182. The van der Waals surface area contributed by atoms with Crippen LogP contribution in [0.3, 0.4) is 0 Å². The van der Waals surface area contributed by atoms with Gasteiger partial charge in [0.1, 0.15) is 11.3 Å². The van der Waals surface area contributed by atoms with E-state index >= 15 is 0 Å². The van der Waals surface area contributed by atoms with Crippen molar-refractivity contribution in [3.63, 3.8) is 0 Å². The van der Waals surface area contributed by atoms with Crippen LogP contribution >= 0.6 is 11.8 Å². The Balaban J connectivity index is 1.25. The molecule has 0 bridgehead atoms. The Morgan fingerprint density at radius 2 is 1.82 bits per heavy atom. The number of amides is 1. The van der Waals surface area contributed by atoms with Crippen LogP contribution in [0.2, 0.25) is 0 Å². The first-order valence-electron chi connectivity index (χ1n) is 9.19. The molecule has 0 fully saturated rings. The Morgan fingerprint density at radius 1 is 1.00 bits per heavy atom. The summed E-state index contributed by atoms with van der Waals surface area (Å²) in [6.45, 7) is 1.34. The van der Waals surface area contributed by atoms with Crippen LogP contribution in [0, 0.1) is 0 Å². The Labute approximate surface area is 166 Å². The van der Waals surface area contributed by atoms with Crippen molar-refractivity contribution in [1.29, 1.82) is 0 Å². The molecule has 2 aromatic carbocycles. The number of carbonyl (C=O) groups excluding carboxylic acids is 1. The van der Waals surface area contributed by atoms with E-state index < -0.39 is 0 Å². The molecule has 1 aliphatic heterocycles. The Kier molecular flexibility index (Phi) is 4.41. The van der Waals surface area contributed by atoms with Crippen LogP contribution in [-0.4, -0.2) is 22.3 Å². The first kappa shape index (κ1) is 17.1. The van der Waals surface area contributed by atoms with Gasteiger partial charge in [-0.1, -0.05) is 48.2 Å². The highest BCUT2D eigenvalue weighted by atomic mass is 32.2. The topological polar surface area (TPSA) is 59.5 Å². The van der Waals surface area contributed by atoms with E-state index in [-0.39, 0.29) is 5.91 Å². The number of nitrogens with zero attached hydrogens (tertiary/aromatic N) is 2. The Hall–Kier alpha value is -2.99. The summed E-state index contributed by atoms with van der Waals surface area (Å²) >= 11 is 1.45. The highest BCUT2D eigenvalue weighted by molar-refractivity contribution is 7.98. The summed E-state index contributed by atoms with van der Waals surface area (Å²) in [5, 5.41) is 0.595. The summed E-state index contributed by atoms with van der Waals surface area (Å²) in [5.74, 6) is 1.61. The van der Waals surface area contributed by atoms with Crippen LogP contribution < -0.4 is 0 Å². The molecule has 0 unspecified atom stereocenters. The maximum absolute atomic E-state index is 12.8. The molecule has 0 N–H and O–H groups in total. The molecule has 0 spiro atoms. The molecular weight excluding hydrogens is 372 g/mol. The van der Waals surface area contributed by atoms with Gasteiger partial charge in [-0.05, 0) is 41.8 Å². The van der Waals surface area contributed by atoms with Crippen LogP contribution in [0.1, 0.15) is 27.4 Å². The van der Waals surface area contributed by atoms with Crippen LogP contribution in [0.5, 0.6) is 0 Å². The number of rotatable bonds is 4. The molecule has 2 aromatic heterocycles. The summed E-state index contributed by atoms with van der Waals surface area (Å²) in [6.07, 6.45) is 0.878. The van der Waals surface area contributed by atoms with Crippen LogP contribution in [0.4, 0.5) is 0 Å². The second kappa shape index (κ2) is 7.20. The quantitative estimate of drug-likeness (QED) is 0.463. The molecule has 1 amide bonds. The molecule has 3 heterocycles. The first-order chi connectivity index (χ1) is 13.8. The average Bonchev–Trinajstić information content (AvgIpc) is 3.38. The zero-order valence-electron chi connectivity index (χ0n) is 15.1. The number of furan rings is 1. The summed E-state index contributed by atoms with van der Waals surface area (Å²) < 4.78 is 11.5. The van der Waals surface area contributed by atoms with Gasteiger partial charge in [-0.15, -0.1) is 0 Å². The van der Waals surface area contributed by atoms with E-state index in [1.165, 1.54) is 22.9 Å². The van der Waals surface area contributed by atoms with Crippen molar-refractivity contribution in [3.8, 4) is 0 Å². The Morgan fingerprint density at radius 3 is 2.71 bits per heavy atom. The largest absolute Gasteiger partial charge is 0.455 e. The number of hydrogen-bond acceptors (Lipinski definition) is 5. The average molecular weight is 390 g/mol. The Bertz CT molecular complexity index is 1110. The molecule has 28 heavy (non-hydrogen) atoms. The summed E-state index contributed by atoms with van der Waals surface area (Å²) in [5.41, 5.74) is 4.14. The first-order valence-corrected chi connectivity index (χ1v) is 10.2. The zero-order valence-corrected chi connectivity index (χ0v) is 15.9.